The van der Waals surface area contributed by atoms with Gasteiger partial charge in [0.15, 0.2) is 0 Å². The lowest BCUT2D eigenvalue weighted by Gasteiger charge is -2.30. The van der Waals surface area contributed by atoms with Gasteiger partial charge in [0.25, 0.3) is 0 Å². The van der Waals surface area contributed by atoms with Gasteiger partial charge in [0.1, 0.15) is 12.4 Å². The topological polar surface area (TPSA) is 68.7 Å². The van der Waals surface area contributed by atoms with Crippen LogP contribution in [-0.2, 0) is 20.9 Å². The first-order valence-corrected chi connectivity index (χ1v) is 10.7. The summed E-state index contributed by atoms with van der Waals surface area (Å²) in [6.07, 6.45) is 4.67. The molecule has 7 heteroatoms. The molecular formula is C22H26N2O4S. The minimum Gasteiger partial charge on any atom is -0.487 e. The van der Waals surface area contributed by atoms with Crippen LogP contribution < -0.4 is 4.74 Å². The van der Waals surface area contributed by atoms with Crippen molar-refractivity contribution in [2.24, 2.45) is 5.92 Å². The number of rotatable bonds is 7. The predicted octanol–water partition coefficient (Wildman–Crippen LogP) is 3.85. The average Bonchev–Trinajstić information content (AvgIpc) is 3.16. The largest absolute Gasteiger partial charge is 0.487 e. The Morgan fingerprint density at radius 3 is 2.79 bits per heavy atom. The molecule has 2 heterocycles. The summed E-state index contributed by atoms with van der Waals surface area (Å²) in [5.74, 6) is 0.440. The van der Waals surface area contributed by atoms with Crippen molar-refractivity contribution in [2.45, 2.75) is 33.3 Å². The number of hydrogen-bond donors (Lipinski definition) is 0. The van der Waals surface area contributed by atoms with E-state index in [-0.39, 0.29) is 17.8 Å². The van der Waals surface area contributed by atoms with Gasteiger partial charge in [-0.3, -0.25) is 9.59 Å². The summed E-state index contributed by atoms with van der Waals surface area (Å²) in [6.45, 7) is 5.74. The van der Waals surface area contributed by atoms with Gasteiger partial charge in [0, 0.05) is 24.5 Å². The summed E-state index contributed by atoms with van der Waals surface area (Å²) in [5.41, 5.74) is 1.81. The minimum absolute atomic E-state index is 0.0448. The van der Waals surface area contributed by atoms with Crippen LogP contribution in [0.2, 0.25) is 0 Å². The molecule has 154 valence electrons. The van der Waals surface area contributed by atoms with E-state index < -0.39 is 0 Å². The van der Waals surface area contributed by atoms with Gasteiger partial charge in [-0.1, -0.05) is 12.1 Å². The third-order valence-electron chi connectivity index (χ3n) is 4.76. The molecule has 0 atom stereocenters. The fourth-order valence-corrected chi connectivity index (χ4v) is 3.81. The lowest BCUT2D eigenvalue weighted by atomic mass is 9.97. The van der Waals surface area contributed by atoms with Crippen LogP contribution >= 0.6 is 11.3 Å². The Kier molecular flexibility index (Phi) is 7.41. The average molecular weight is 415 g/mol. The second kappa shape index (κ2) is 10.2. The molecule has 1 aliphatic heterocycles. The molecule has 0 saturated carbocycles. The molecule has 1 aliphatic rings. The summed E-state index contributed by atoms with van der Waals surface area (Å²) in [7, 11) is 0. The fourth-order valence-electron chi connectivity index (χ4n) is 3.21. The first-order chi connectivity index (χ1) is 14.0. The zero-order valence-corrected chi connectivity index (χ0v) is 17.6. The number of ether oxygens (including phenoxy) is 2. The van der Waals surface area contributed by atoms with E-state index in [4.69, 9.17) is 9.47 Å². The number of thiazole rings is 1. The number of aromatic nitrogens is 1. The standard InChI is InChI=1S/C22H26N2O4S/c1-3-27-22(26)18-9-11-24(12-10-18)21(25)8-7-17-5-4-6-20(13-17)28-14-19-15-29-16(2)23-19/h4-8,13,15,18H,3,9-12,14H2,1-2H3/b8-7+. The van der Waals surface area contributed by atoms with Crippen LogP contribution in [0.15, 0.2) is 35.7 Å². The summed E-state index contributed by atoms with van der Waals surface area (Å²) in [4.78, 5) is 30.4. The van der Waals surface area contributed by atoms with Crippen molar-refractivity contribution >= 4 is 29.3 Å². The maximum Gasteiger partial charge on any atom is 0.309 e. The predicted molar refractivity (Wildman–Crippen MR) is 113 cm³/mol. The SMILES string of the molecule is CCOC(=O)C1CCN(C(=O)/C=C/c2cccc(OCc3csc(C)n3)c2)CC1. The first kappa shape index (κ1) is 21.0. The van der Waals surface area contributed by atoms with E-state index in [9.17, 15) is 9.59 Å². The van der Waals surface area contributed by atoms with Crippen LogP contribution in [0.4, 0.5) is 0 Å². The summed E-state index contributed by atoms with van der Waals surface area (Å²) in [5, 5.41) is 3.01. The molecule has 0 spiro atoms. The molecule has 1 fully saturated rings. The Balaban J connectivity index is 1.50. The van der Waals surface area contributed by atoms with Crippen molar-refractivity contribution < 1.29 is 19.1 Å². The summed E-state index contributed by atoms with van der Waals surface area (Å²) in [6, 6.07) is 7.61. The van der Waals surface area contributed by atoms with Crippen LogP contribution in [0.3, 0.4) is 0 Å². The van der Waals surface area contributed by atoms with Crippen LogP contribution in [-0.4, -0.2) is 41.5 Å². The number of carbonyl (C=O) groups is 2. The summed E-state index contributed by atoms with van der Waals surface area (Å²) >= 11 is 1.60. The second-order valence-electron chi connectivity index (χ2n) is 6.90. The maximum atomic E-state index is 12.5. The quantitative estimate of drug-likeness (QED) is 0.509. The number of aryl methyl sites for hydroxylation is 1. The zero-order valence-electron chi connectivity index (χ0n) is 16.8. The number of nitrogens with zero attached hydrogens (tertiary/aromatic N) is 2. The molecule has 2 aromatic rings. The van der Waals surface area contributed by atoms with Crippen molar-refractivity contribution in [3.63, 3.8) is 0 Å². The molecule has 1 aromatic carbocycles. The molecule has 1 aromatic heterocycles. The molecule has 1 saturated heterocycles. The molecular weight excluding hydrogens is 388 g/mol. The number of amides is 1. The smallest absolute Gasteiger partial charge is 0.309 e. The van der Waals surface area contributed by atoms with E-state index in [1.807, 2.05) is 36.6 Å². The monoisotopic (exact) mass is 414 g/mol. The Hall–Kier alpha value is -2.67. The molecule has 0 N–H and O–H groups in total. The van der Waals surface area contributed by atoms with E-state index in [1.54, 1.807) is 35.3 Å². The number of hydrogen-bond acceptors (Lipinski definition) is 6. The van der Waals surface area contributed by atoms with Gasteiger partial charge >= 0.3 is 5.97 Å². The van der Waals surface area contributed by atoms with Gasteiger partial charge in [0.2, 0.25) is 5.91 Å². The van der Waals surface area contributed by atoms with Crippen molar-refractivity contribution in [1.29, 1.82) is 0 Å². The molecule has 1 amide bonds. The van der Waals surface area contributed by atoms with Crippen LogP contribution in [0, 0.1) is 12.8 Å². The highest BCUT2D eigenvalue weighted by atomic mass is 32.1. The van der Waals surface area contributed by atoms with Crippen LogP contribution in [0.1, 0.15) is 36.0 Å². The molecule has 0 bridgehead atoms. The van der Waals surface area contributed by atoms with E-state index >= 15 is 0 Å². The van der Waals surface area contributed by atoms with Gasteiger partial charge in [-0.15, -0.1) is 11.3 Å². The molecule has 0 aliphatic carbocycles. The number of esters is 1. The zero-order chi connectivity index (χ0) is 20.6. The normalized spacial score (nSPS) is 14.9. The fraction of sp³-hybridized carbons (Fsp3) is 0.409. The highest BCUT2D eigenvalue weighted by molar-refractivity contribution is 7.09. The first-order valence-electron chi connectivity index (χ1n) is 9.82. The van der Waals surface area contributed by atoms with Gasteiger partial charge in [-0.25, -0.2) is 4.98 Å². The van der Waals surface area contributed by atoms with Crippen LogP contribution in [0.25, 0.3) is 6.08 Å². The third-order valence-corrected chi connectivity index (χ3v) is 5.58. The molecule has 6 nitrogen and oxygen atoms in total. The van der Waals surface area contributed by atoms with E-state index in [2.05, 4.69) is 4.98 Å². The third kappa shape index (κ3) is 6.15. The Bertz CT molecular complexity index is 869. The molecule has 3 rings (SSSR count). The van der Waals surface area contributed by atoms with Gasteiger partial charge in [0.05, 0.1) is 23.2 Å². The molecule has 29 heavy (non-hydrogen) atoms. The van der Waals surface area contributed by atoms with Crippen molar-refractivity contribution in [3.8, 4) is 5.75 Å². The second-order valence-corrected chi connectivity index (χ2v) is 7.97. The van der Waals surface area contributed by atoms with E-state index in [0.29, 0.717) is 39.1 Å². The minimum atomic E-state index is -0.153. The number of piperidine rings is 1. The maximum absolute atomic E-state index is 12.5. The van der Waals surface area contributed by atoms with Gasteiger partial charge in [-0.2, -0.15) is 0 Å². The van der Waals surface area contributed by atoms with Crippen LogP contribution in [0.5, 0.6) is 5.75 Å². The Morgan fingerprint density at radius 2 is 2.10 bits per heavy atom. The highest BCUT2D eigenvalue weighted by Gasteiger charge is 2.27. The molecule has 0 unspecified atom stereocenters. The van der Waals surface area contributed by atoms with Gasteiger partial charge < -0.3 is 14.4 Å². The van der Waals surface area contributed by atoms with Crippen molar-refractivity contribution in [3.05, 3.63) is 52.0 Å². The van der Waals surface area contributed by atoms with E-state index in [0.717, 1.165) is 22.0 Å². The van der Waals surface area contributed by atoms with Crippen molar-refractivity contribution in [1.82, 2.24) is 9.88 Å². The lowest BCUT2D eigenvalue weighted by Crippen LogP contribution is -2.39. The lowest BCUT2D eigenvalue weighted by molar-refractivity contribution is -0.150. The number of benzene rings is 1. The Labute approximate surface area is 175 Å². The van der Waals surface area contributed by atoms with Gasteiger partial charge in [-0.05, 0) is 50.5 Å². The number of carbonyl (C=O) groups excluding carboxylic acids is 2. The molecule has 0 radical (unpaired) electrons. The van der Waals surface area contributed by atoms with Crippen molar-refractivity contribution in [2.75, 3.05) is 19.7 Å². The Morgan fingerprint density at radius 1 is 1.31 bits per heavy atom. The number of likely N-dealkylation sites (tertiary alicyclic amines) is 1. The highest BCUT2D eigenvalue weighted by Crippen LogP contribution is 2.20. The van der Waals surface area contributed by atoms with E-state index in [1.165, 1.54) is 0 Å². The summed E-state index contributed by atoms with van der Waals surface area (Å²) < 4.78 is 10.9.